The lowest BCUT2D eigenvalue weighted by Gasteiger charge is -2.31. The number of amides is 1. The molecule has 2 aromatic carbocycles. The van der Waals surface area contributed by atoms with E-state index in [9.17, 15) is 13.2 Å². The monoisotopic (exact) mass is 494 g/mol. The van der Waals surface area contributed by atoms with Crippen LogP contribution in [0.5, 0.6) is 0 Å². The number of carbonyl (C=O) groups is 1. The number of sulfonamides is 1. The molecule has 1 unspecified atom stereocenters. The van der Waals surface area contributed by atoms with E-state index >= 15 is 0 Å². The van der Waals surface area contributed by atoms with Gasteiger partial charge in [-0.1, -0.05) is 40.2 Å². The van der Waals surface area contributed by atoms with E-state index in [-0.39, 0.29) is 23.3 Å². The molecule has 3 rings (SSSR count). The number of rotatable bonds is 8. The van der Waals surface area contributed by atoms with Gasteiger partial charge in [0.05, 0.1) is 17.4 Å². The highest BCUT2D eigenvalue weighted by molar-refractivity contribution is 9.10. The lowest BCUT2D eigenvalue weighted by molar-refractivity contribution is -0.126. The highest BCUT2D eigenvalue weighted by atomic mass is 79.9. The number of hydrogen-bond donors (Lipinski definition) is 1. The topological polar surface area (TPSA) is 75.7 Å². The maximum absolute atomic E-state index is 12.9. The molecule has 6 nitrogen and oxygen atoms in total. The summed E-state index contributed by atoms with van der Waals surface area (Å²) < 4.78 is 33.5. The summed E-state index contributed by atoms with van der Waals surface area (Å²) in [4.78, 5) is 12.9. The summed E-state index contributed by atoms with van der Waals surface area (Å²) in [7, 11) is -3.60. The van der Waals surface area contributed by atoms with Crippen LogP contribution in [0, 0.1) is 5.92 Å². The van der Waals surface area contributed by atoms with Crippen LogP contribution in [0.25, 0.3) is 0 Å². The zero-order valence-corrected chi connectivity index (χ0v) is 19.4. The van der Waals surface area contributed by atoms with Crippen molar-refractivity contribution in [2.24, 2.45) is 5.92 Å². The zero-order chi connectivity index (χ0) is 21.6. The summed E-state index contributed by atoms with van der Waals surface area (Å²) in [6, 6.07) is 14.5. The predicted molar refractivity (Wildman–Crippen MR) is 119 cm³/mol. The molecule has 0 aliphatic carbocycles. The Labute approximate surface area is 186 Å². The number of nitrogens with zero attached hydrogens (tertiary/aromatic N) is 1. The predicted octanol–water partition coefficient (Wildman–Crippen LogP) is 3.70. The average Bonchev–Trinajstić information content (AvgIpc) is 2.77. The van der Waals surface area contributed by atoms with Gasteiger partial charge < -0.3 is 10.1 Å². The van der Waals surface area contributed by atoms with Gasteiger partial charge in [0.15, 0.2) is 0 Å². The van der Waals surface area contributed by atoms with Gasteiger partial charge in [-0.2, -0.15) is 4.31 Å². The second-order valence-corrected chi connectivity index (χ2v) is 10.2. The Balaban J connectivity index is 1.57. The Morgan fingerprint density at radius 3 is 2.47 bits per heavy atom. The fraction of sp³-hybridized carbons (Fsp3) is 0.409. The van der Waals surface area contributed by atoms with Crippen molar-refractivity contribution in [1.29, 1.82) is 0 Å². The molecule has 1 atom stereocenters. The fourth-order valence-corrected chi connectivity index (χ4v) is 5.23. The van der Waals surface area contributed by atoms with Gasteiger partial charge >= 0.3 is 0 Å². The molecule has 8 heteroatoms. The molecular weight excluding hydrogens is 468 g/mol. The molecule has 1 saturated heterocycles. The molecule has 0 saturated carbocycles. The Morgan fingerprint density at radius 1 is 1.13 bits per heavy atom. The largest absolute Gasteiger partial charge is 0.377 e. The third-order valence-corrected chi connectivity index (χ3v) is 7.58. The van der Waals surface area contributed by atoms with Crippen LogP contribution in [0.1, 0.15) is 30.9 Å². The molecule has 1 fully saturated rings. The molecule has 1 N–H and O–H groups in total. The van der Waals surface area contributed by atoms with E-state index in [2.05, 4.69) is 21.2 Å². The summed E-state index contributed by atoms with van der Waals surface area (Å²) in [6.07, 6.45) is 1.35. The summed E-state index contributed by atoms with van der Waals surface area (Å²) >= 11 is 3.32. The number of halogens is 1. The van der Waals surface area contributed by atoms with E-state index in [0.29, 0.717) is 39.1 Å². The number of benzene rings is 2. The van der Waals surface area contributed by atoms with Gasteiger partial charge in [-0.05, 0) is 55.2 Å². The number of piperidine rings is 1. The standard InChI is InChI=1S/C22H27BrN2O4S/c1-2-29-16-18-7-5-17(6-8-18)14-24-22(26)19-4-3-13-25(15-19)30(27,28)21-11-9-20(23)10-12-21/h5-12,19H,2-4,13-16H2,1H3,(H,24,26). The van der Waals surface area contributed by atoms with Crippen molar-refractivity contribution in [2.45, 2.75) is 37.8 Å². The van der Waals surface area contributed by atoms with Crippen molar-refractivity contribution in [3.05, 3.63) is 64.1 Å². The van der Waals surface area contributed by atoms with Crippen molar-refractivity contribution >= 4 is 31.9 Å². The van der Waals surface area contributed by atoms with Crippen LogP contribution in [0.3, 0.4) is 0 Å². The molecule has 30 heavy (non-hydrogen) atoms. The van der Waals surface area contributed by atoms with Gasteiger partial charge in [-0.25, -0.2) is 8.42 Å². The first-order valence-electron chi connectivity index (χ1n) is 10.1. The Hall–Kier alpha value is -1.74. The molecule has 0 radical (unpaired) electrons. The quantitative estimate of drug-likeness (QED) is 0.606. The molecule has 1 aliphatic rings. The van der Waals surface area contributed by atoms with Crippen molar-refractivity contribution in [1.82, 2.24) is 9.62 Å². The Bertz CT molecular complexity index is 946. The maximum atomic E-state index is 12.9. The first kappa shape index (κ1) is 22.9. The lowest BCUT2D eigenvalue weighted by atomic mass is 9.98. The number of ether oxygens (including phenoxy) is 1. The summed E-state index contributed by atoms with van der Waals surface area (Å²) in [5, 5.41) is 2.95. The van der Waals surface area contributed by atoms with Crippen molar-refractivity contribution in [3.63, 3.8) is 0 Å². The van der Waals surface area contributed by atoms with Gasteiger partial charge in [0.2, 0.25) is 15.9 Å². The maximum Gasteiger partial charge on any atom is 0.243 e. The van der Waals surface area contributed by atoms with Crippen molar-refractivity contribution in [3.8, 4) is 0 Å². The van der Waals surface area contributed by atoms with E-state index in [4.69, 9.17) is 4.74 Å². The molecule has 162 valence electrons. The lowest BCUT2D eigenvalue weighted by Crippen LogP contribution is -2.45. The first-order chi connectivity index (χ1) is 14.4. The van der Waals surface area contributed by atoms with E-state index in [1.165, 1.54) is 4.31 Å². The Kier molecular flexibility index (Phi) is 8.05. The number of carbonyl (C=O) groups excluding carboxylic acids is 1. The second kappa shape index (κ2) is 10.5. The molecule has 1 heterocycles. The summed E-state index contributed by atoms with van der Waals surface area (Å²) in [5.41, 5.74) is 2.09. The highest BCUT2D eigenvalue weighted by Crippen LogP contribution is 2.25. The molecule has 0 bridgehead atoms. The minimum absolute atomic E-state index is 0.107. The first-order valence-corrected chi connectivity index (χ1v) is 12.3. The summed E-state index contributed by atoms with van der Waals surface area (Å²) in [6.45, 7) is 4.27. The van der Waals surface area contributed by atoms with Crippen LogP contribution >= 0.6 is 15.9 Å². The van der Waals surface area contributed by atoms with Crippen LogP contribution in [-0.2, 0) is 32.7 Å². The zero-order valence-electron chi connectivity index (χ0n) is 17.0. The third kappa shape index (κ3) is 5.91. The number of hydrogen-bond acceptors (Lipinski definition) is 4. The van der Waals surface area contributed by atoms with Gasteiger partial charge in [0, 0.05) is 30.7 Å². The van der Waals surface area contributed by atoms with E-state index in [1.807, 2.05) is 31.2 Å². The minimum Gasteiger partial charge on any atom is -0.377 e. The second-order valence-electron chi connectivity index (χ2n) is 7.33. The van der Waals surface area contributed by atoms with Gasteiger partial charge in [0.25, 0.3) is 0 Å². The van der Waals surface area contributed by atoms with Crippen molar-refractivity contribution in [2.75, 3.05) is 19.7 Å². The van der Waals surface area contributed by atoms with Crippen molar-refractivity contribution < 1.29 is 17.9 Å². The minimum atomic E-state index is -3.60. The SMILES string of the molecule is CCOCc1ccc(CNC(=O)C2CCCN(S(=O)(=O)c3ccc(Br)cc3)C2)cc1. The van der Waals surface area contributed by atoms with Crippen LogP contribution in [0.4, 0.5) is 0 Å². The van der Waals surface area contributed by atoms with E-state index in [0.717, 1.165) is 15.6 Å². The van der Waals surface area contributed by atoms with Gasteiger partial charge in [-0.3, -0.25) is 4.79 Å². The smallest absolute Gasteiger partial charge is 0.243 e. The van der Waals surface area contributed by atoms with Gasteiger partial charge in [-0.15, -0.1) is 0 Å². The average molecular weight is 495 g/mol. The van der Waals surface area contributed by atoms with E-state index < -0.39 is 10.0 Å². The van der Waals surface area contributed by atoms with Crippen LogP contribution in [-0.4, -0.2) is 38.3 Å². The molecule has 0 aromatic heterocycles. The Morgan fingerprint density at radius 2 is 1.80 bits per heavy atom. The van der Waals surface area contributed by atoms with Crippen LogP contribution in [0.15, 0.2) is 57.9 Å². The highest BCUT2D eigenvalue weighted by Gasteiger charge is 2.33. The third-order valence-electron chi connectivity index (χ3n) is 5.17. The fourth-order valence-electron chi connectivity index (χ4n) is 3.44. The van der Waals surface area contributed by atoms with Crippen LogP contribution < -0.4 is 5.32 Å². The number of nitrogens with one attached hydrogen (secondary N) is 1. The molecular formula is C22H27BrN2O4S. The molecule has 2 aromatic rings. The van der Waals surface area contributed by atoms with Crippen LogP contribution in [0.2, 0.25) is 0 Å². The normalized spacial score (nSPS) is 17.6. The van der Waals surface area contributed by atoms with Gasteiger partial charge in [0.1, 0.15) is 0 Å². The van der Waals surface area contributed by atoms with E-state index in [1.54, 1.807) is 24.3 Å². The summed E-state index contributed by atoms with van der Waals surface area (Å²) in [5.74, 6) is -0.453. The molecule has 1 aliphatic heterocycles. The molecule has 0 spiro atoms. The molecule has 1 amide bonds.